The first-order chi connectivity index (χ1) is 10.7. The Bertz CT molecular complexity index is 795. The summed E-state index contributed by atoms with van der Waals surface area (Å²) in [6, 6.07) is 11.5. The van der Waals surface area contributed by atoms with Gasteiger partial charge in [-0.1, -0.05) is 30.3 Å². The van der Waals surface area contributed by atoms with Gasteiger partial charge >= 0.3 is 5.69 Å². The number of ether oxygens (including phenoxy) is 1. The van der Waals surface area contributed by atoms with Crippen molar-refractivity contribution in [2.24, 2.45) is 0 Å². The number of hydrogen-bond acceptors (Lipinski definition) is 4. The molecule has 2 N–H and O–H groups in total. The molecule has 3 rings (SSSR count). The molecule has 3 aromatic rings. The monoisotopic (exact) mass is 299 g/mol. The molecular formula is C16H17N3O3. The van der Waals surface area contributed by atoms with Gasteiger partial charge in [-0.25, -0.2) is 4.79 Å². The third-order valence-corrected chi connectivity index (χ3v) is 3.39. The van der Waals surface area contributed by atoms with Crippen molar-refractivity contribution in [1.82, 2.24) is 14.5 Å². The van der Waals surface area contributed by atoms with Crippen LogP contribution in [0, 0.1) is 0 Å². The highest BCUT2D eigenvalue weighted by Crippen LogP contribution is 2.08. The Balaban J connectivity index is 1.60. The van der Waals surface area contributed by atoms with Crippen molar-refractivity contribution in [1.29, 1.82) is 0 Å². The Morgan fingerprint density at radius 1 is 1.27 bits per heavy atom. The first-order valence-electron chi connectivity index (χ1n) is 7.06. The Morgan fingerprint density at radius 3 is 2.91 bits per heavy atom. The number of fused-ring (bicyclic) bond motifs is 1. The van der Waals surface area contributed by atoms with Crippen molar-refractivity contribution in [3.8, 4) is 0 Å². The summed E-state index contributed by atoms with van der Waals surface area (Å²) in [5.74, 6) is 0. The molecule has 0 saturated carbocycles. The second-order valence-corrected chi connectivity index (χ2v) is 5.09. The van der Waals surface area contributed by atoms with E-state index in [-0.39, 0.29) is 18.8 Å². The number of H-pyrrole nitrogens is 1. The van der Waals surface area contributed by atoms with Crippen molar-refractivity contribution < 1.29 is 9.84 Å². The summed E-state index contributed by atoms with van der Waals surface area (Å²) in [6.45, 7) is 0.779. The smallest absolute Gasteiger partial charge is 0.326 e. The van der Waals surface area contributed by atoms with Gasteiger partial charge in [-0.15, -0.1) is 0 Å². The van der Waals surface area contributed by atoms with E-state index in [0.717, 1.165) is 11.1 Å². The summed E-state index contributed by atoms with van der Waals surface area (Å²) >= 11 is 0. The van der Waals surface area contributed by atoms with Crippen LogP contribution in [0.3, 0.4) is 0 Å². The number of nitrogens with one attached hydrogen (secondary N) is 1. The summed E-state index contributed by atoms with van der Waals surface area (Å²) in [4.78, 5) is 18.6. The fourth-order valence-corrected chi connectivity index (χ4v) is 2.34. The quantitative estimate of drug-likeness (QED) is 0.719. The van der Waals surface area contributed by atoms with Crippen LogP contribution in [0.5, 0.6) is 0 Å². The molecule has 6 nitrogen and oxygen atoms in total. The molecule has 0 radical (unpaired) electrons. The lowest BCUT2D eigenvalue weighted by Gasteiger charge is -2.12. The number of aliphatic hydroxyl groups is 1. The molecule has 0 amide bonds. The maximum Gasteiger partial charge on any atom is 0.326 e. The van der Waals surface area contributed by atoms with Crippen LogP contribution < -0.4 is 5.69 Å². The van der Waals surface area contributed by atoms with Crippen LogP contribution in [0.1, 0.15) is 5.56 Å². The van der Waals surface area contributed by atoms with Crippen molar-refractivity contribution in [3.05, 3.63) is 64.8 Å². The minimum Gasteiger partial charge on any atom is -0.389 e. The third-order valence-electron chi connectivity index (χ3n) is 3.39. The van der Waals surface area contributed by atoms with Crippen molar-refractivity contribution in [2.75, 3.05) is 6.61 Å². The summed E-state index contributed by atoms with van der Waals surface area (Å²) < 4.78 is 6.99. The molecule has 1 atom stereocenters. The molecule has 0 bridgehead atoms. The summed E-state index contributed by atoms with van der Waals surface area (Å²) in [7, 11) is 0. The van der Waals surface area contributed by atoms with Gasteiger partial charge in [0.15, 0.2) is 0 Å². The van der Waals surface area contributed by atoms with Gasteiger partial charge in [0.2, 0.25) is 0 Å². The van der Waals surface area contributed by atoms with E-state index in [4.69, 9.17) is 4.74 Å². The highest BCUT2D eigenvalue weighted by atomic mass is 16.5. The number of rotatable bonds is 6. The summed E-state index contributed by atoms with van der Waals surface area (Å²) in [5, 5.41) is 10.1. The highest BCUT2D eigenvalue weighted by molar-refractivity contribution is 5.73. The molecule has 2 aromatic heterocycles. The van der Waals surface area contributed by atoms with E-state index in [9.17, 15) is 9.90 Å². The average Bonchev–Trinajstić information content (AvgIpc) is 2.84. The third kappa shape index (κ3) is 3.24. The summed E-state index contributed by atoms with van der Waals surface area (Å²) in [6.07, 6.45) is 2.45. The van der Waals surface area contributed by atoms with Gasteiger partial charge in [0, 0.05) is 6.20 Å². The lowest BCUT2D eigenvalue weighted by molar-refractivity contribution is 0.0205. The normalized spacial score (nSPS) is 12.6. The second-order valence-electron chi connectivity index (χ2n) is 5.09. The number of hydrogen-bond donors (Lipinski definition) is 2. The van der Waals surface area contributed by atoms with E-state index in [1.54, 1.807) is 18.5 Å². The fraction of sp³-hybridized carbons (Fsp3) is 0.250. The second kappa shape index (κ2) is 6.55. The highest BCUT2D eigenvalue weighted by Gasteiger charge is 2.11. The first kappa shape index (κ1) is 14.5. The van der Waals surface area contributed by atoms with Crippen molar-refractivity contribution in [3.63, 3.8) is 0 Å². The van der Waals surface area contributed by atoms with Crippen LogP contribution in [0.2, 0.25) is 0 Å². The average molecular weight is 299 g/mol. The van der Waals surface area contributed by atoms with E-state index in [2.05, 4.69) is 9.97 Å². The van der Waals surface area contributed by atoms with E-state index in [0.29, 0.717) is 12.1 Å². The Hall–Kier alpha value is -2.44. The zero-order valence-electron chi connectivity index (χ0n) is 12.0. The first-order valence-corrected chi connectivity index (χ1v) is 7.06. The maximum absolute atomic E-state index is 11.9. The zero-order valence-corrected chi connectivity index (χ0v) is 12.0. The van der Waals surface area contributed by atoms with Gasteiger partial charge in [-0.05, 0) is 11.6 Å². The topological polar surface area (TPSA) is 80.1 Å². The van der Waals surface area contributed by atoms with Crippen LogP contribution in [-0.2, 0) is 17.9 Å². The largest absolute Gasteiger partial charge is 0.389 e. The molecule has 0 fully saturated rings. The van der Waals surface area contributed by atoms with Crippen LogP contribution >= 0.6 is 0 Å². The van der Waals surface area contributed by atoms with Gasteiger partial charge in [0.05, 0.1) is 43.1 Å². The molecule has 0 saturated heterocycles. The molecule has 0 aliphatic heterocycles. The SMILES string of the molecule is O=c1[nH]c2cnccc2n1C[C@H](O)COCc1ccccc1. The molecule has 0 unspecified atom stereocenters. The van der Waals surface area contributed by atoms with Gasteiger partial charge in [0.25, 0.3) is 0 Å². The van der Waals surface area contributed by atoms with E-state index < -0.39 is 6.10 Å². The summed E-state index contributed by atoms with van der Waals surface area (Å²) in [5.41, 5.74) is 2.17. The number of pyridine rings is 1. The van der Waals surface area contributed by atoms with Crippen LogP contribution in [0.15, 0.2) is 53.6 Å². The predicted octanol–water partition coefficient (Wildman–Crippen LogP) is 1.30. The van der Waals surface area contributed by atoms with Gasteiger partial charge in [0.1, 0.15) is 0 Å². The predicted molar refractivity (Wildman–Crippen MR) is 82.5 cm³/mol. The molecular weight excluding hydrogens is 282 g/mol. The van der Waals surface area contributed by atoms with Crippen molar-refractivity contribution in [2.45, 2.75) is 19.3 Å². The molecule has 0 spiro atoms. The van der Waals surface area contributed by atoms with E-state index in [1.165, 1.54) is 4.57 Å². The van der Waals surface area contributed by atoms with E-state index in [1.807, 2.05) is 30.3 Å². The minimum atomic E-state index is -0.756. The van der Waals surface area contributed by atoms with Crippen LogP contribution in [-0.4, -0.2) is 32.4 Å². The Labute approximate surface area is 127 Å². The zero-order chi connectivity index (χ0) is 15.4. The molecule has 22 heavy (non-hydrogen) atoms. The number of aromatic nitrogens is 3. The Morgan fingerprint density at radius 2 is 2.09 bits per heavy atom. The lowest BCUT2D eigenvalue weighted by atomic mass is 10.2. The lowest BCUT2D eigenvalue weighted by Crippen LogP contribution is -2.27. The number of aromatic amines is 1. The molecule has 6 heteroatoms. The molecule has 114 valence electrons. The van der Waals surface area contributed by atoms with Crippen LogP contribution in [0.25, 0.3) is 11.0 Å². The fourth-order valence-electron chi connectivity index (χ4n) is 2.34. The van der Waals surface area contributed by atoms with Gasteiger partial charge in [-0.3, -0.25) is 9.55 Å². The van der Waals surface area contributed by atoms with Gasteiger partial charge in [-0.2, -0.15) is 0 Å². The maximum atomic E-state index is 11.9. The number of nitrogens with zero attached hydrogens (tertiary/aromatic N) is 2. The van der Waals surface area contributed by atoms with Crippen LogP contribution in [0.4, 0.5) is 0 Å². The number of imidazole rings is 1. The Kier molecular flexibility index (Phi) is 4.32. The van der Waals surface area contributed by atoms with Crippen molar-refractivity contribution >= 4 is 11.0 Å². The molecule has 0 aliphatic carbocycles. The number of aliphatic hydroxyl groups excluding tert-OH is 1. The minimum absolute atomic E-state index is 0.166. The molecule has 1 aromatic carbocycles. The molecule has 0 aliphatic rings. The molecule has 2 heterocycles. The van der Waals surface area contributed by atoms with Gasteiger partial charge < -0.3 is 14.8 Å². The standard InChI is InChI=1S/C16H17N3O3/c20-13(11-22-10-12-4-2-1-3-5-12)9-19-15-6-7-17-8-14(15)18-16(19)21/h1-8,13,20H,9-11H2,(H,18,21)/t13-/m0/s1. The number of benzene rings is 1. The van der Waals surface area contributed by atoms with E-state index >= 15 is 0 Å².